The zero-order valence-corrected chi connectivity index (χ0v) is 43.0. The Bertz CT molecular complexity index is 917. The van der Waals surface area contributed by atoms with Gasteiger partial charge >= 0.3 is 0 Å². The lowest BCUT2D eigenvalue weighted by molar-refractivity contribution is -0.121. The number of hydrogen-bond acceptors (Lipinski definition) is 7. The Morgan fingerprint density at radius 1 is 0.323 bits per heavy atom. The van der Waals surface area contributed by atoms with Gasteiger partial charge in [0.25, 0.3) is 0 Å². The molecule has 0 saturated carbocycles. The second-order valence-electron chi connectivity index (χ2n) is 18.4. The molecule has 0 bridgehead atoms. The summed E-state index contributed by atoms with van der Waals surface area (Å²) in [6.45, 7) is 24.0. The van der Waals surface area contributed by atoms with Crippen LogP contribution in [0, 0.1) is 0 Å². The van der Waals surface area contributed by atoms with Crippen LogP contribution in [-0.4, -0.2) is 129 Å². The summed E-state index contributed by atoms with van der Waals surface area (Å²) in [5, 5.41) is 9.33. The minimum Gasteiger partial charge on any atom is -0.355 e. The summed E-state index contributed by atoms with van der Waals surface area (Å²) in [5.41, 5.74) is 0. The third-order valence-corrected chi connectivity index (χ3v) is 15.6. The Labute approximate surface area is 385 Å². The molecule has 0 atom stereocenters. The average Bonchev–Trinajstić information content (AvgIpc) is 3.27. The van der Waals surface area contributed by atoms with Crippen LogP contribution in [0.3, 0.4) is 0 Å². The molecule has 0 aromatic heterocycles. The highest BCUT2D eigenvalue weighted by molar-refractivity contribution is 7.64. The van der Waals surface area contributed by atoms with E-state index >= 15 is 0 Å². The van der Waals surface area contributed by atoms with Gasteiger partial charge in [0.1, 0.15) is 0 Å². The molecule has 368 valence electrons. The molecular weight excluding hydrogens is 792 g/mol. The van der Waals surface area contributed by atoms with E-state index in [1.165, 1.54) is 154 Å². The number of amides is 3. The first-order chi connectivity index (χ1) is 30.2. The van der Waals surface area contributed by atoms with Crippen LogP contribution in [-0.2, 0) is 18.9 Å². The number of carbonyl (C=O) groups excluding carboxylic acids is 3. The predicted octanol–water partition coefficient (Wildman–Crippen LogP) is 11.3. The minimum absolute atomic E-state index is 0.0908. The van der Waals surface area contributed by atoms with Crippen LogP contribution in [0.25, 0.3) is 0 Å². The van der Waals surface area contributed by atoms with Gasteiger partial charge in [-0.05, 0) is 77.8 Å². The largest absolute Gasteiger partial charge is 0.355 e. The zero-order chi connectivity index (χ0) is 45.8. The fourth-order valence-corrected chi connectivity index (χ4v) is 10.7. The SMILES string of the molecule is CCCCCCN(CCCCCC)CCNC(=O)CCP(=O)(CCC(=O)NCCN(CCCCCC)CCCCCC)CCC(=O)NCCN(CCCCCC)CCCCCC. The Hall–Kier alpha value is -1.48. The number of carbonyl (C=O) groups is 3. The first-order valence-electron chi connectivity index (χ1n) is 26.7. The van der Waals surface area contributed by atoms with Crippen molar-refractivity contribution >= 4 is 24.9 Å². The Morgan fingerprint density at radius 2 is 0.532 bits per heavy atom. The number of rotatable bonds is 48. The van der Waals surface area contributed by atoms with Crippen molar-refractivity contribution in [3.8, 4) is 0 Å². The molecule has 62 heavy (non-hydrogen) atoms. The van der Waals surface area contributed by atoms with E-state index in [0.717, 1.165) is 58.9 Å². The predicted molar refractivity (Wildman–Crippen MR) is 269 cm³/mol. The fraction of sp³-hybridized carbons (Fsp3) is 0.941. The first-order valence-corrected chi connectivity index (χ1v) is 29.0. The van der Waals surface area contributed by atoms with Crippen molar-refractivity contribution in [2.24, 2.45) is 0 Å². The van der Waals surface area contributed by atoms with E-state index in [4.69, 9.17) is 0 Å². The highest BCUT2D eigenvalue weighted by Crippen LogP contribution is 2.47. The zero-order valence-electron chi connectivity index (χ0n) is 42.1. The van der Waals surface area contributed by atoms with Crippen molar-refractivity contribution in [1.82, 2.24) is 30.7 Å². The number of unbranched alkanes of at least 4 members (excludes halogenated alkanes) is 18. The lowest BCUT2D eigenvalue weighted by atomic mass is 10.1. The third-order valence-electron chi connectivity index (χ3n) is 12.5. The van der Waals surface area contributed by atoms with Crippen LogP contribution in [0.5, 0.6) is 0 Å². The van der Waals surface area contributed by atoms with Gasteiger partial charge in [0.15, 0.2) is 0 Å². The van der Waals surface area contributed by atoms with Gasteiger partial charge in [-0.3, -0.25) is 14.4 Å². The smallest absolute Gasteiger partial charge is 0.220 e. The second kappa shape index (κ2) is 44.7. The summed E-state index contributed by atoms with van der Waals surface area (Å²) in [7, 11) is -2.98. The van der Waals surface area contributed by atoms with Crippen molar-refractivity contribution in [1.29, 1.82) is 0 Å². The molecule has 3 amide bonds. The molecule has 0 heterocycles. The summed E-state index contributed by atoms with van der Waals surface area (Å²) < 4.78 is 14.5. The van der Waals surface area contributed by atoms with Crippen LogP contribution in [0.1, 0.15) is 215 Å². The van der Waals surface area contributed by atoms with Crippen molar-refractivity contribution in [3.05, 3.63) is 0 Å². The Morgan fingerprint density at radius 3 is 0.726 bits per heavy atom. The maximum atomic E-state index is 14.5. The molecule has 0 aromatic rings. The molecule has 0 aliphatic heterocycles. The summed E-state index contributed by atoms with van der Waals surface area (Å²) >= 11 is 0. The molecule has 0 fully saturated rings. The second-order valence-corrected chi connectivity index (χ2v) is 21.9. The number of nitrogens with zero attached hydrogens (tertiary/aromatic N) is 3. The highest BCUT2D eigenvalue weighted by atomic mass is 31.2. The first kappa shape index (κ1) is 60.5. The molecule has 0 aliphatic carbocycles. The molecule has 0 aliphatic rings. The normalized spacial score (nSPS) is 11.9. The maximum Gasteiger partial charge on any atom is 0.220 e. The van der Waals surface area contributed by atoms with Gasteiger partial charge in [-0.1, -0.05) is 157 Å². The lowest BCUT2D eigenvalue weighted by Crippen LogP contribution is -2.37. The Balaban J connectivity index is 5.40. The monoisotopic (exact) mass is 897 g/mol. The van der Waals surface area contributed by atoms with E-state index in [2.05, 4.69) is 72.2 Å². The van der Waals surface area contributed by atoms with Crippen molar-refractivity contribution in [3.63, 3.8) is 0 Å². The van der Waals surface area contributed by atoms with Gasteiger partial charge in [0, 0.05) is 77.0 Å². The number of hydrogen-bond donors (Lipinski definition) is 3. The highest BCUT2D eigenvalue weighted by Gasteiger charge is 2.26. The lowest BCUT2D eigenvalue weighted by Gasteiger charge is -2.23. The molecule has 0 unspecified atom stereocenters. The van der Waals surface area contributed by atoms with Gasteiger partial charge < -0.3 is 35.2 Å². The van der Waals surface area contributed by atoms with E-state index < -0.39 is 7.14 Å². The van der Waals surface area contributed by atoms with Crippen LogP contribution >= 0.6 is 7.14 Å². The summed E-state index contributed by atoms with van der Waals surface area (Å²) in [6, 6.07) is 0. The van der Waals surface area contributed by atoms with Crippen molar-refractivity contribution < 1.29 is 18.9 Å². The van der Waals surface area contributed by atoms with Crippen molar-refractivity contribution in [2.75, 3.05) is 97.0 Å². The van der Waals surface area contributed by atoms with Gasteiger partial charge in [0.05, 0.1) is 7.14 Å². The van der Waals surface area contributed by atoms with E-state index in [-0.39, 0.29) is 55.5 Å². The summed E-state index contributed by atoms with van der Waals surface area (Å²) in [4.78, 5) is 47.0. The van der Waals surface area contributed by atoms with E-state index in [1.807, 2.05) is 0 Å². The quantitative estimate of drug-likeness (QED) is 0.0412. The fourth-order valence-electron chi connectivity index (χ4n) is 8.16. The van der Waals surface area contributed by atoms with Gasteiger partial charge in [-0.25, -0.2) is 0 Å². The summed E-state index contributed by atoms with van der Waals surface area (Å²) in [5.74, 6) is -0.272. The van der Waals surface area contributed by atoms with Gasteiger partial charge in [-0.2, -0.15) is 0 Å². The molecule has 0 spiro atoms. The molecule has 11 heteroatoms. The number of nitrogens with one attached hydrogen (secondary N) is 3. The molecule has 10 nitrogen and oxygen atoms in total. The van der Waals surface area contributed by atoms with Crippen LogP contribution in [0.4, 0.5) is 0 Å². The minimum atomic E-state index is -2.98. The van der Waals surface area contributed by atoms with Crippen molar-refractivity contribution in [2.45, 2.75) is 215 Å². The standard InChI is InChI=1S/C51H105N6O4P/c1-7-13-19-25-37-55(38-26-20-14-8-2)43-34-52-49(58)31-46-62(61,47-32-50(59)53-35-44-56(39-27-21-15-9-3)40-28-22-16-10-4)48-33-51(60)54-36-45-57(41-29-23-17-11-5)42-30-24-18-12-6/h7-48H2,1-6H3,(H,52,58)(H,53,59)(H,54,60). The van der Waals surface area contributed by atoms with Crippen LogP contribution in [0.15, 0.2) is 0 Å². The molecule has 3 N–H and O–H groups in total. The molecule has 0 aromatic carbocycles. The van der Waals surface area contributed by atoms with Gasteiger partial charge in [-0.15, -0.1) is 0 Å². The van der Waals surface area contributed by atoms with Gasteiger partial charge in [0.2, 0.25) is 17.7 Å². The maximum absolute atomic E-state index is 14.5. The van der Waals surface area contributed by atoms with E-state index in [9.17, 15) is 18.9 Å². The molecule has 0 radical (unpaired) electrons. The van der Waals surface area contributed by atoms with E-state index in [1.54, 1.807) is 0 Å². The summed E-state index contributed by atoms with van der Waals surface area (Å²) in [6.07, 6.45) is 30.6. The van der Waals surface area contributed by atoms with Crippen LogP contribution in [0.2, 0.25) is 0 Å². The van der Waals surface area contributed by atoms with E-state index in [0.29, 0.717) is 19.6 Å². The Kier molecular flexibility index (Phi) is 43.6. The third kappa shape index (κ3) is 38.9. The van der Waals surface area contributed by atoms with Crippen LogP contribution < -0.4 is 16.0 Å². The molecule has 0 saturated heterocycles. The molecule has 0 rings (SSSR count). The topological polar surface area (TPSA) is 114 Å². The molecular formula is C51H105N6O4P. The average molecular weight is 897 g/mol.